The number of hydrogen-bond acceptors (Lipinski definition) is 9. The van der Waals surface area contributed by atoms with Crippen molar-refractivity contribution in [2.75, 3.05) is 6.61 Å². The lowest BCUT2D eigenvalue weighted by molar-refractivity contribution is -0.160. The van der Waals surface area contributed by atoms with Crippen molar-refractivity contribution in [2.24, 2.45) is 23.7 Å². The van der Waals surface area contributed by atoms with Crippen LogP contribution in [-0.2, 0) is 29.2 Å². The average molecular weight is 739 g/mol. The standard InChI is InChI=1S/C21H20F2I2O9S/c1-9(2)33-19(27)15-10-3-4-11(5-10)16(15)20(28)34-17-13(6-12(24)7-14(17)25)18(26)32-8-21(22,23)35(29,30)31/h3-4,6-7,9-11,15-16H,5,8H2,1-2H3,(H,29,30,31)/p-1. The molecular formula is C21H19F2I2O9S-. The molecule has 1 fully saturated rings. The van der Waals surface area contributed by atoms with Crippen LogP contribution in [0.2, 0.25) is 0 Å². The van der Waals surface area contributed by atoms with Crippen LogP contribution in [0.4, 0.5) is 8.78 Å². The minimum atomic E-state index is -6.06. The number of hydrogen-bond donors (Lipinski definition) is 0. The molecule has 2 aliphatic rings. The summed E-state index contributed by atoms with van der Waals surface area (Å²) in [6, 6.07) is 2.74. The summed E-state index contributed by atoms with van der Waals surface area (Å²) >= 11 is 3.60. The highest BCUT2D eigenvalue weighted by Crippen LogP contribution is 2.49. The minimum Gasteiger partial charge on any atom is -0.743 e. The van der Waals surface area contributed by atoms with Gasteiger partial charge in [-0.15, -0.1) is 0 Å². The van der Waals surface area contributed by atoms with Crippen molar-refractivity contribution in [2.45, 2.75) is 31.6 Å². The van der Waals surface area contributed by atoms with Crippen LogP contribution >= 0.6 is 45.2 Å². The van der Waals surface area contributed by atoms with Crippen molar-refractivity contribution >= 4 is 73.2 Å². The molecule has 4 atom stereocenters. The van der Waals surface area contributed by atoms with Gasteiger partial charge in [-0.1, -0.05) is 12.2 Å². The van der Waals surface area contributed by atoms with Crippen LogP contribution in [0.1, 0.15) is 30.6 Å². The van der Waals surface area contributed by atoms with Crippen molar-refractivity contribution in [1.82, 2.24) is 0 Å². The summed E-state index contributed by atoms with van der Waals surface area (Å²) in [5.41, 5.74) is -0.422. The van der Waals surface area contributed by atoms with Crippen LogP contribution in [0, 0.1) is 30.8 Å². The first-order valence-corrected chi connectivity index (χ1v) is 13.8. The molecule has 0 spiro atoms. The van der Waals surface area contributed by atoms with E-state index in [4.69, 9.17) is 9.47 Å². The van der Waals surface area contributed by atoms with Gasteiger partial charge in [0.2, 0.25) is 0 Å². The zero-order chi connectivity index (χ0) is 26.3. The summed E-state index contributed by atoms with van der Waals surface area (Å²) in [7, 11) is -6.06. The number of carbonyl (C=O) groups excluding carboxylic acids is 3. The third-order valence-corrected chi connectivity index (χ3v) is 7.80. The molecule has 3 rings (SSSR count). The maximum absolute atomic E-state index is 13.5. The van der Waals surface area contributed by atoms with Crippen molar-refractivity contribution in [1.29, 1.82) is 0 Å². The molecule has 9 nitrogen and oxygen atoms in total. The Labute approximate surface area is 227 Å². The van der Waals surface area contributed by atoms with E-state index >= 15 is 0 Å². The molecule has 1 aromatic carbocycles. The van der Waals surface area contributed by atoms with Crippen molar-refractivity contribution in [3.63, 3.8) is 0 Å². The summed E-state index contributed by atoms with van der Waals surface area (Å²) < 4.78 is 74.9. The van der Waals surface area contributed by atoms with E-state index in [0.717, 1.165) is 0 Å². The van der Waals surface area contributed by atoms with Gasteiger partial charge >= 0.3 is 23.2 Å². The van der Waals surface area contributed by atoms with E-state index in [0.29, 0.717) is 9.99 Å². The van der Waals surface area contributed by atoms with Gasteiger partial charge in [-0.2, -0.15) is 8.78 Å². The molecule has 0 aromatic heterocycles. The van der Waals surface area contributed by atoms with Crippen LogP contribution in [0.15, 0.2) is 24.3 Å². The van der Waals surface area contributed by atoms with Crippen LogP contribution in [0.3, 0.4) is 0 Å². The molecule has 0 heterocycles. The highest BCUT2D eigenvalue weighted by molar-refractivity contribution is 14.1. The molecule has 14 heteroatoms. The third-order valence-electron chi connectivity index (χ3n) is 5.52. The Morgan fingerprint density at radius 3 is 2.23 bits per heavy atom. The lowest BCUT2D eigenvalue weighted by Crippen LogP contribution is -2.37. The molecular weight excluding hydrogens is 720 g/mol. The number of halogens is 4. The molecule has 1 saturated carbocycles. The molecule has 0 N–H and O–H groups in total. The zero-order valence-electron chi connectivity index (χ0n) is 18.2. The smallest absolute Gasteiger partial charge is 0.367 e. The first-order chi connectivity index (χ1) is 16.1. The summed E-state index contributed by atoms with van der Waals surface area (Å²) in [6.07, 6.45) is 3.82. The molecule has 0 saturated heterocycles. The quantitative estimate of drug-likeness (QED) is 0.129. The number of benzene rings is 1. The summed E-state index contributed by atoms with van der Waals surface area (Å²) in [4.78, 5) is 38.4. The van der Waals surface area contributed by atoms with Gasteiger partial charge in [-0.25, -0.2) is 13.2 Å². The molecule has 192 valence electrons. The zero-order valence-corrected chi connectivity index (χ0v) is 23.3. The topological polar surface area (TPSA) is 136 Å². The Morgan fingerprint density at radius 2 is 1.69 bits per heavy atom. The maximum Gasteiger partial charge on any atom is 0.367 e. The molecule has 4 unspecified atom stereocenters. The van der Waals surface area contributed by atoms with E-state index < -0.39 is 63.4 Å². The number of ether oxygens (including phenoxy) is 3. The SMILES string of the molecule is CC(C)OC(=O)C1C2C=CC(C2)C1C(=O)Oc1c(I)cc(I)cc1C(=O)OCC(F)(F)S(=O)(=O)[O-]. The normalized spacial score (nSPS) is 23.4. The van der Waals surface area contributed by atoms with Crippen LogP contribution in [-0.4, -0.2) is 48.8 Å². The van der Waals surface area contributed by atoms with E-state index in [2.05, 4.69) is 4.74 Å². The second-order valence-corrected chi connectivity index (χ2v) is 12.3. The van der Waals surface area contributed by atoms with Crippen LogP contribution < -0.4 is 4.74 Å². The van der Waals surface area contributed by atoms with Gasteiger partial charge in [0.25, 0.3) is 0 Å². The van der Waals surface area contributed by atoms with E-state index in [1.54, 1.807) is 42.5 Å². The van der Waals surface area contributed by atoms with Gasteiger partial charge < -0.3 is 18.8 Å². The molecule has 1 aromatic rings. The number of carbonyl (C=O) groups is 3. The summed E-state index contributed by atoms with van der Waals surface area (Å²) in [5.74, 6) is -5.23. The molecule has 0 aliphatic heterocycles. The second kappa shape index (κ2) is 10.5. The van der Waals surface area contributed by atoms with Crippen LogP contribution in [0.5, 0.6) is 5.75 Å². The Bertz CT molecular complexity index is 1180. The Hall–Kier alpha value is -1.40. The minimum absolute atomic E-state index is 0.208. The van der Waals surface area contributed by atoms with Gasteiger partial charge in [0.15, 0.2) is 22.5 Å². The van der Waals surface area contributed by atoms with E-state index in [9.17, 15) is 36.1 Å². The Morgan fingerprint density at radius 1 is 1.11 bits per heavy atom. The first-order valence-electron chi connectivity index (χ1n) is 10.2. The Kier molecular flexibility index (Phi) is 8.48. The first kappa shape index (κ1) is 28.2. The monoisotopic (exact) mass is 739 g/mol. The highest BCUT2D eigenvalue weighted by Gasteiger charge is 2.53. The lowest BCUT2D eigenvalue weighted by atomic mass is 9.83. The predicted octanol–water partition coefficient (Wildman–Crippen LogP) is 3.49. The van der Waals surface area contributed by atoms with E-state index in [1.165, 1.54) is 6.07 Å². The molecule has 35 heavy (non-hydrogen) atoms. The van der Waals surface area contributed by atoms with Crippen LogP contribution in [0.25, 0.3) is 0 Å². The fourth-order valence-electron chi connectivity index (χ4n) is 4.06. The second-order valence-electron chi connectivity index (χ2n) is 8.34. The number of fused-ring (bicyclic) bond motifs is 2. The Balaban J connectivity index is 1.86. The number of rotatable bonds is 8. The molecule has 0 radical (unpaired) electrons. The van der Waals surface area contributed by atoms with Gasteiger partial charge in [-0.05, 0) is 89.4 Å². The van der Waals surface area contributed by atoms with Crippen molar-refractivity contribution in [3.8, 4) is 5.75 Å². The van der Waals surface area contributed by atoms with Gasteiger partial charge in [0, 0.05) is 3.57 Å². The fraction of sp³-hybridized carbons (Fsp3) is 0.476. The fourth-order valence-corrected chi connectivity index (χ4v) is 6.22. The molecule has 2 bridgehead atoms. The number of alkyl halides is 2. The highest BCUT2D eigenvalue weighted by atomic mass is 127. The third kappa shape index (κ3) is 6.12. The van der Waals surface area contributed by atoms with Gasteiger partial charge in [-0.3, -0.25) is 9.59 Å². The largest absolute Gasteiger partial charge is 0.743 e. The maximum atomic E-state index is 13.5. The average Bonchev–Trinajstić information content (AvgIpc) is 3.34. The van der Waals surface area contributed by atoms with Gasteiger partial charge in [0.05, 0.1) is 21.5 Å². The van der Waals surface area contributed by atoms with E-state index in [1.807, 2.05) is 34.7 Å². The van der Waals surface area contributed by atoms with Crippen molar-refractivity contribution in [3.05, 3.63) is 37.0 Å². The lowest BCUT2D eigenvalue weighted by Gasteiger charge is -2.26. The van der Waals surface area contributed by atoms with Gasteiger partial charge in [0.1, 0.15) is 5.56 Å². The molecule has 0 amide bonds. The number of allylic oxidation sites excluding steroid dienone is 2. The summed E-state index contributed by atoms with van der Waals surface area (Å²) in [5, 5.41) is -4.84. The van der Waals surface area contributed by atoms with E-state index in [-0.39, 0.29) is 21.2 Å². The van der Waals surface area contributed by atoms with Crippen molar-refractivity contribution < 1.29 is 50.3 Å². The number of esters is 3. The predicted molar refractivity (Wildman–Crippen MR) is 131 cm³/mol. The molecule has 2 aliphatic carbocycles. The summed E-state index contributed by atoms with van der Waals surface area (Å²) in [6.45, 7) is 1.36.